The van der Waals surface area contributed by atoms with Gasteiger partial charge in [0.25, 0.3) is 5.69 Å². The highest BCUT2D eigenvalue weighted by Gasteiger charge is 2.19. The highest BCUT2D eigenvalue weighted by atomic mass is 16.6. The van der Waals surface area contributed by atoms with Crippen LogP contribution in [-0.4, -0.2) is 24.4 Å². The second kappa shape index (κ2) is 5.63. The van der Waals surface area contributed by atoms with Crippen molar-refractivity contribution >= 4 is 17.3 Å². The average molecular weight is 248 g/mol. The monoisotopic (exact) mass is 248 g/mol. The number of rotatable bonds is 5. The van der Waals surface area contributed by atoms with E-state index >= 15 is 0 Å². The van der Waals surface area contributed by atoms with Gasteiger partial charge in [0.1, 0.15) is 5.69 Å². The van der Waals surface area contributed by atoms with Crippen LogP contribution >= 0.6 is 0 Å². The molecular formula is C11H12N4O3. The predicted molar refractivity (Wildman–Crippen MR) is 65.1 cm³/mol. The average Bonchev–Trinajstić information content (AvgIpc) is 2.34. The molecule has 0 aliphatic heterocycles. The van der Waals surface area contributed by atoms with Crippen LogP contribution in [0.25, 0.3) is 0 Å². The van der Waals surface area contributed by atoms with Crippen LogP contribution in [0, 0.1) is 21.4 Å². The summed E-state index contributed by atoms with van der Waals surface area (Å²) >= 11 is 0. The summed E-state index contributed by atoms with van der Waals surface area (Å²) in [6, 6.07) is 5.98. The van der Waals surface area contributed by atoms with Crippen LogP contribution in [0.1, 0.15) is 16.8 Å². The molecule has 0 bridgehead atoms. The van der Waals surface area contributed by atoms with Crippen LogP contribution in [0.3, 0.4) is 0 Å². The molecule has 0 saturated carbocycles. The second-order valence-electron chi connectivity index (χ2n) is 3.65. The number of nitrogens with two attached hydrogens (primary N) is 1. The summed E-state index contributed by atoms with van der Waals surface area (Å²) in [5.41, 5.74) is 5.30. The summed E-state index contributed by atoms with van der Waals surface area (Å²) in [6.45, 7) is 0.368. The van der Waals surface area contributed by atoms with Crippen LogP contribution in [0.2, 0.25) is 0 Å². The van der Waals surface area contributed by atoms with Gasteiger partial charge < -0.3 is 10.6 Å². The Morgan fingerprint density at radius 1 is 1.61 bits per heavy atom. The molecule has 1 amide bonds. The molecule has 7 nitrogen and oxygen atoms in total. The Balaban J connectivity index is 3.16. The van der Waals surface area contributed by atoms with E-state index in [-0.39, 0.29) is 17.7 Å². The number of hydrogen-bond donors (Lipinski definition) is 1. The highest BCUT2D eigenvalue weighted by Crippen LogP contribution is 2.28. The standard InChI is InChI=1S/C11H12N4O3/c1-14(6-2-5-12)9-4-3-8(11(13)16)7-10(9)15(17)18/h3-4,7H,2,6H2,1H3,(H2,13,16). The van der Waals surface area contributed by atoms with E-state index in [0.717, 1.165) is 6.07 Å². The number of carbonyl (C=O) groups is 1. The van der Waals surface area contributed by atoms with Crippen molar-refractivity contribution < 1.29 is 9.72 Å². The van der Waals surface area contributed by atoms with E-state index in [9.17, 15) is 14.9 Å². The zero-order valence-corrected chi connectivity index (χ0v) is 9.79. The Hall–Kier alpha value is -2.62. The van der Waals surface area contributed by atoms with Gasteiger partial charge in [-0.3, -0.25) is 14.9 Å². The first-order valence-corrected chi connectivity index (χ1v) is 5.13. The van der Waals surface area contributed by atoms with Gasteiger partial charge in [-0.25, -0.2) is 0 Å². The van der Waals surface area contributed by atoms with Crippen LogP contribution in [0.15, 0.2) is 18.2 Å². The molecule has 0 atom stereocenters. The Kier molecular flexibility index (Phi) is 4.21. The summed E-state index contributed by atoms with van der Waals surface area (Å²) in [7, 11) is 1.64. The molecule has 0 fully saturated rings. The number of primary amides is 1. The molecule has 0 aromatic heterocycles. The molecule has 1 aromatic rings. The van der Waals surface area contributed by atoms with Crippen LogP contribution in [-0.2, 0) is 0 Å². The quantitative estimate of drug-likeness (QED) is 0.617. The minimum absolute atomic E-state index is 0.0825. The number of benzene rings is 1. The van der Waals surface area contributed by atoms with Gasteiger partial charge in [-0.15, -0.1) is 0 Å². The molecule has 0 aliphatic carbocycles. The predicted octanol–water partition coefficient (Wildman–Crippen LogP) is 1.04. The molecule has 94 valence electrons. The fraction of sp³-hybridized carbons (Fsp3) is 0.273. The number of anilines is 1. The van der Waals surface area contributed by atoms with E-state index in [0.29, 0.717) is 12.2 Å². The van der Waals surface area contributed by atoms with Crippen molar-refractivity contribution in [3.05, 3.63) is 33.9 Å². The molecule has 0 aliphatic rings. The SMILES string of the molecule is CN(CCC#N)c1ccc(C(N)=O)cc1[N+](=O)[O-]. The fourth-order valence-electron chi connectivity index (χ4n) is 1.48. The maximum Gasteiger partial charge on any atom is 0.293 e. The normalized spacial score (nSPS) is 9.56. The lowest BCUT2D eigenvalue weighted by Crippen LogP contribution is -2.20. The van der Waals surface area contributed by atoms with E-state index in [1.54, 1.807) is 11.9 Å². The van der Waals surface area contributed by atoms with Crippen molar-refractivity contribution in [2.75, 3.05) is 18.5 Å². The largest absolute Gasteiger partial charge is 0.368 e. The highest BCUT2D eigenvalue weighted by molar-refractivity contribution is 5.94. The van der Waals surface area contributed by atoms with Gasteiger partial charge in [-0.05, 0) is 12.1 Å². The molecule has 1 aromatic carbocycles. The Bertz CT molecular complexity index is 522. The Morgan fingerprint density at radius 2 is 2.28 bits per heavy atom. The van der Waals surface area contributed by atoms with Crippen molar-refractivity contribution in [3.63, 3.8) is 0 Å². The third-order valence-electron chi connectivity index (χ3n) is 2.43. The Morgan fingerprint density at radius 3 is 2.78 bits per heavy atom. The van der Waals surface area contributed by atoms with Gasteiger partial charge in [-0.1, -0.05) is 0 Å². The third kappa shape index (κ3) is 2.95. The van der Waals surface area contributed by atoms with Gasteiger partial charge in [0.2, 0.25) is 5.91 Å². The van der Waals surface area contributed by atoms with E-state index in [4.69, 9.17) is 11.0 Å². The molecule has 18 heavy (non-hydrogen) atoms. The van der Waals surface area contributed by atoms with Crippen molar-refractivity contribution in [3.8, 4) is 6.07 Å². The number of nitrogens with zero attached hydrogens (tertiary/aromatic N) is 3. The molecule has 0 saturated heterocycles. The zero-order valence-electron chi connectivity index (χ0n) is 9.79. The number of hydrogen-bond acceptors (Lipinski definition) is 5. The summed E-state index contributed by atoms with van der Waals surface area (Å²) in [6.07, 6.45) is 0.255. The topological polar surface area (TPSA) is 113 Å². The summed E-state index contributed by atoms with van der Waals surface area (Å²) in [5.74, 6) is -0.718. The Labute approximate surface area is 104 Å². The van der Waals surface area contributed by atoms with Gasteiger partial charge in [0.15, 0.2) is 0 Å². The molecule has 0 spiro atoms. The fourth-order valence-corrected chi connectivity index (χ4v) is 1.48. The van der Waals surface area contributed by atoms with E-state index in [1.165, 1.54) is 12.1 Å². The summed E-state index contributed by atoms with van der Waals surface area (Å²) in [5, 5.41) is 19.4. The first-order chi connectivity index (χ1) is 8.47. The second-order valence-corrected chi connectivity index (χ2v) is 3.65. The zero-order chi connectivity index (χ0) is 13.7. The van der Waals surface area contributed by atoms with Crippen LogP contribution < -0.4 is 10.6 Å². The van der Waals surface area contributed by atoms with Crippen molar-refractivity contribution in [2.45, 2.75) is 6.42 Å². The molecule has 7 heteroatoms. The molecule has 1 rings (SSSR count). The van der Waals surface area contributed by atoms with Crippen LogP contribution in [0.5, 0.6) is 0 Å². The van der Waals surface area contributed by atoms with Crippen molar-refractivity contribution in [2.24, 2.45) is 5.73 Å². The van der Waals surface area contributed by atoms with Gasteiger partial charge in [-0.2, -0.15) is 5.26 Å². The number of amides is 1. The summed E-state index contributed by atoms with van der Waals surface area (Å²) in [4.78, 5) is 22.9. The van der Waals surface area contributed by atoms with E-state index < -0.39 is 10.8 Å². The smallest absolute Gasteiger partial charge is 0.293 e. The molecule has 0 heterocycles. The first-order valence-electron chi connectivity index (χ1n) is 5.13. The molecule has 0 unspecified atom stereocenters. The molecular weight excluding hydrogens is 236 g/mol. The minimum Gasteiger partial charge on any atom is -0.368 e. The summed E-state index contributed by atoms with van der Waals surface area (Å²) < 4.78 is 0. The third-order valence-corrected chi connectivity index (χ3v) is 2.43. The van der Waals surface area contributed by atoms with Gasteiger partial charge >= 0.3 is 0 Å². The minimum atomic E-state index is -0.718. The number of nitro benzene ring substituents is 1. The van der Waals surface area contributed by atoms with Crippen LogP contribution in [0.4, 0.5) is 11.4 Å². The maximum atomic E-state index is 11.0. The maximum absolute atomic E-state index is 11.0. The number of carbonyl (C=O) groups excluding carboxylic acids is 1. The lowest BCUT2D eigenvalue weighted by atomic mass is 10.1. The lowest BCUT2D eigenvalue weighted by molar-refractivity contribution is -0.384. The van der Waals surface area contributed by atoms with Crippen molar-refractivity contribution in [1.82, 2.24) is 0 Å². The molecule has 2 N–H and O–H groups in total. The lowest BCUT2D eigenvalue weighted by Gasteiger charge is -2.17. The van der Waals surface area contributed by atoms with E-state index in [1.807, 2.05) is 6.07 Å². The van der Waals surface area contributed by atoms with Crippen molar-refractivity contribution in [1.29, 1.82) is 5.26 Å². The number of nitriles is 1. The molecule has 0 radical (unpaired) electrons. The van der Waals surface area contributed by atoms with Gasteiger partial charge in [0.05, 0.1) is 17.4 Å². The van der Waals surface area contributed by atoms with E-state index in [2.05, 4.69) is 0 Å². The first kappa shape index (κ1) is 13.4. The number of nitro groups is 1. The van der Waals surface area contributed by atoms with Gasteiger partial charge in [0, 0.05) is 25.2 Å².